The number of benzene rings is 12. The van der Waals surface area contributed by atoms with E-state index in [9.17, 15) is 0 Å². The molecule has 0 spiro atoms. The summed E-state index contributed by atoms with van der Waals surface area (Å²) >= 11 is 1.89. The number of aromatic nitrogens is 5. The van der Waals surface area contributed by atoms with Gasteiger partial charge in [0.2, 0.25) is 0 Å². The Morgan fingerprint density at radius 2 is 0.633 bits per heavy atom. The summed E-state index contributed by atoms with van der Waals surface area (Å²) in [7, 11) is 0. The highest BCUT2D eigenvalue weighted by molar-refractivity contribution is 7.26. The van der Waals surface area contributed by atoms with Crippen LogP contribution in [0, 0.1) is 0 Å². The number of hydrogen-bond donors (Lipinski definition) is 0. The van der Waals surface area contributed by atoms with Crippen LogP contribution in [-0.4, -0.2) is 23.7 Å². The topological polar surface area (TPSA) is 40.6 Å². The Balaban J connectivity index is 1.07. The maximum Gasteiger partial charge on any atom is 0.160 e. The maximum atomic E-state index is 5.99. The van der Waals surface area contributed by atoms with E-state index in [-0.39, 0.29) is 21.7 Å². The van der Waals surface area contributed by atoms with Crippen molar-refractivity contribution in [1.82, 2.24) is 23.7 Å². The number of nitrogens with zero attached hydrogens (tertiary/aromatic N) is 5. The molecule has 0 aliphatic carbocycles. The Labute approximate surface area is 578 Å². The quantitative estimate of drug-likeness (QED) is 0.152. The van der Waals surface area contributed by atoms with E-state index in [4.69, 9.17) is 9.97 Å². The zero-order valence-corrected chi connectivity index (χ0v) is 58.8. The van der Waals surface area contributed by atoms with Gasteiger partial charge in [0, 0.05) is 91.4 Å². The lowest BCUT2D eigenvalue weighted by molar-refractivity contribution is 0.568. The fraction of sp³-hybridized carbons (Fsp3) is 0.174. The molecular formula is C92H79N5S. The zero-order chi connectivity index (χ0) is 67.3. The number of hydrogen-bond acceptors (Lipinski definition) is 3. The van der Waals surface area contributed by atoms with Gasteiger partial charge in [-0.05, 0) is 141 Å². The van der Waals surface area contributed by atoms with Crippen LogP contribution in [-0.2, 0) is 21.7 Å². The standard InChI is InChI=1S/C92H79N5S/c1-89(2,3)59-47-56(48-60(53-59)90(4,5)6)74-55-75(94-88(93-74)58-49-61(91(7,8)9)54-62(50-58)92(10,11)12)57-51-72(67-33-17-25-41-80(67)95-76-37-21-13-29-63(76)64-30-14-22-38-77(64)95)86(97-82-43-27-19-36-71(82)85-83(97)46-45-70-69-35-20-28-44-84(69)98-87(70)85)73(52-57)68-34-18-26-42-81(68)96-78-39-23-15-31-65(78)66-32-16-24-40-79(66)96/h13-55H,1-12H3. The molecule has 478 valence electrons. The second kappa shape index (κ2) is 22.5. The van der Waals surface area contributed by atoms with Crippen molar-refractivity contribution < 1.29 is 0 Å². The van der Waals surface area contributed by atoms with Gasteiger partial charge in [0.15, 0.2) is 5.82 Å². The lowest BCUT2D eigenvalue weighted by Gasteiger charge is -2.27. The molecule has 0 bridgehead atoms. The van der Waals surface area contributed by atoms with Gasteiger partial charge in [0.05, 0.1) is 61.6 Å². The van der Waals surface area contributed by atoms with E-state index in [1.54, 1.807) is 0 Å². The fourth-order valence-corrected chi connectivity index (χ4v) is 16.5. The molecule has 0 aliphatic heterocycles. The minimum atomic E-state index is -0.151. The smallest absolute Gasteiger partial charge is 0.160 e. The molecule has 0 atom stereocenters. The van der Waals surface area contributed by atoms with Crippen LogP contribution in [0.1, 0.15) is 105 Å². The van der Waals surface area contributed by atoms with Crippen LogP contribution in [0.25, 0.3) is 159 Å². The van der Waals surface area contributed by atoms with Crippen LogP contribution in [0.2, 0.25) is 0 Å². The van der Waals surface area contributed by atoms with Crippen LogP contribution in [0.15, 0.2) is 261 Å². The van der Waals surface area contributed by atoms with Gasteiger partial charge in [0.25, 0.3) is 0 Å². The Morgan fingerprint density at radius 1 is 0.276 bits per heavy atom. The molecule has 0 N–H and O–H groups in total. The van der Waals surface area contributed by atoms with Gasteiger partial charge in [0.1, 0.15) is 0 Å². The van der Waals surface area contributed by atoms with Crippen LogP contribution in [0.3, 0.4) is 0 Å². The molecule has 0 aliphatic rings. The Bertz CT molecular complexity index is 5670. The fourth-order valence-electron chi connectivity index (χ4n) is 15.2. The van der Waals surface area contributed by atoms with E-state index in [2.05, 4.69) is 358 Å². The van der Waals surface area contributed by atoms with Crippen molar-refractivity contribution in [2.45, 2.75) is 105 Å². The predicted molar refractivity (Wildman–Crippen MR) is 420 cm³/mol. The van der Waals surface area contributed by atoms with Crippen LogP contribution >= 0.6 is 11.3 Å². The van der Waals surface area contributed by atoms with E-state index in [1.165, 1.54) is 74.7 Å². The molecule has 5 heterocycles. The molecule has 0 unspecified atom stereocenters. The van der Waals surface area contributed by atoms with E-state index in [1.807, 2.05) is 11.3 Å². The lowest BCUT2D eigenvalue weighted by Crippen LogP contribution is -2.17. The Kier molecular flexibility index (Phi) is 14.0. The first-order chi connectivity index (χ1) is 47.1. The molecule has 0 saturated heterocycles. The summed E-state index contributed by atoms with van der Waals surface area (Å²) in [5.41, 5.74) is 23.5. The van der Waals surface area contributed by atoms with Crippen molar-refractivity contribution in [3.63, 3.8) is 0 Å². The first kappa shape index (κ1) is 61.0. The molecule has 0 radical (unpaired) electrons. The summed E-state index contributed by atoms with van der Waals surface area (Å²) in [6.07, 6.45) is 0. The van der Waals surface area contributed by atoms with Gasteiger partial charge < -0.3 is 13.7 Å². The summed E-state index contributed by atoms with van der Waals surface area (Å²) < 4.78 is 10.2. The maximum absolute atomic E-state index is 5.99. The summed E-state index contributed by atoms with van der Waals surface area (Å²) in [6.45, 7) is 27.8. The second-order valence-corrected chi connectivity index (χ2v) is 32.1. The third kappa shape index (κ3) is 10.0. The molecule has 0 fully saturated rings. The molecule has 5 aromatic heterocycles. The molecular weight excluding hydrogens is 1210 g/mol. The number of rotatable bonds is 8. The minimum Gasteiger partial charge on any atom is -0.309 e. The molecule has 5 nitrogen and oxygen atoms in total. The van der Waals surface area contributed by atoms with Gasteiger partial charge in [-0.25, -0.2) is 9.97 Å². The van der Waals surface area contributed by atoms with Crippen molar-refractivity contribution in [2.75, 3.05) is 0 Å². The van der Waals surface area contributed by atoms with Gasteiger partial charge >= 0.3 is 0 Å². The van der Waals surface area contributed by atoms with Crippen molar-refractivity contribution in [3.8, 4) is 73.2 Å². The van der Waals surface area contributed by atoms with Crippen molar-refractivity contribution in [3.05, 3.63) is 283 Å². The molecule has 17 aromatic rings. The largest absolute Gasteiger partial charge is 0.309 e. The highest BCUT2D eigenvalue weighted by atomic mass is 32.1. The first-order valence-corrected chi connectivity index (χ1v) is 35.4. The van der Waals surface area contributed by atoms with E-state index in [0.717, 1.165) is 100 Å². The van der Waals surface area contributed by atoms with Crippen LogP contribution in [0.4, 0.5) is 0 Å². The Morgan fingerprint density at radius 3 is 1.07 bits per heavy atom. The molecule has 0 amide bonds. The van der Waals surface area contributed by atoms with Crippen LogP contribution < -0.4 is 0 Å². The first-order valence-electron chi connectivity index (χ1n) is 34.5. The minimum absolute atomic E-state index is 0.139. The third-order valence-corrected chi connectivity index (χ3v) is 21.7. The highest BCUT2D eigenvalue weighted by Gasteiger charge is 2.30. The molecule has 6 heteroatoms. The monoisotopic (exact) mass is 1290 g/mol. The summed E-state index contributed by atoms with van der Waals surface area (Å²) in [4.78, 5) is 11.8. The van der Waals surface area contributed by atoms with E-state index in [0.29, 0.717) is 5.82 Å². The van der Waals surface area contributed by atoms with Gasteiger partial charge in [-0.15, -0.1) is 11.3 Å². The van der Waals surface area contributed by atoms with Gasteiger partial charge in [-0.1, -0.05) is 247 Å². The van der Waals surface area contributed by atoms with E-state index >= 15 is 0 Å². The second-order valence-electron chi connectivity index (χ2n) is 31.0. The number of thiophene rings is 1. The van der Waals surface area contributed by atoms with Crippen molar-refractivity contribution in [1.29, 1.82) is 0 Å². The lowest BCUT2D eigenvalue weighted by atomic mass is 9.79. The SMILES string of the molecule is CC(C)(C)c1cc(-c2cc(-c3cc(-c4ccccc4-n4c5ccccc5c5ccccc54)c(-n4c5ccccc5c5c6sc7ccccc7c6ccc54)c(-c4ccccc4-n4c5ccccc5c5ccccc54)c3)nc(-c3cc(C(C)(C)C)cc(C(C)(C)C)c3)n2)cc(C(C)(C)C)c1. The number of para-hydroxylation sites is 7. The molecule has 12 aromatic carbocycles. The average Bonchev–Trinajstić information content (AvgIpc) is 1.52. The van der Waals surface area contributed by atoms with Gasteiger partial charge in [-0.3, -0.25) is 0 Å². The molecule has 98 heavy (non-hydrogen) atoms. The summed E-state index contributed by atoms with van der Waals surface area (Å²) in [5.74, 6) is 0.686. The van der Waals surface area contributed by atoms with Gasteiger partial charge in [-0.2, -0.15) is 0 Å². The van der Waals surface area contributed by atoms with Crippen molar-refractivity contribution in [2.24, 2.45) is 0 Å². The summed E-state index contributed by atoms with van der Waals surface area (Å²) in [5, 5.41) is 9.83. The Hall–Kier alpha value is -10.7. The van der Waals surface area contributed by atoms with Crippen molar-refractivity contribution >= 4 is 96.9 Å². The normalized spacial score (nSPS) is 12.7. The van der Waals surface area contributed by atoms with E-state index < -0.39 is 0 Å². The average molecular weight is 1290 g/mol. The zero-order valence-electron chi connectivity index (χ0n) is 58.0. The number of fused-ring (bicyclic) bond motifs is 13. The molecule has 17 rings (SSSR count). The highest BCUT2D eigenvalue weighted by Crippen LogP contribution is 2.51. The summed E-state index contributed by atoms with van der Waals surface area (Å²) in [6, 6.07) is 98.1. The van der Waals surface area contributed by atoms with Crippen LogP contribution in [0.5, 0.6) is 0 Å². The predicted octanol–water partition coefficient (Wildman–Crippen LogP) is 25.7. The third-order valence-electron chi connectivity index (χ3n) is 20.5. The molecule has 0 saturated carbocycles.